The van der Waals surface area contributed by atoms with E-state index < -0.39 is 11.8 Å². The Bertz CT molecular complexity index is 1590. The minimum atomic E-state index is -0.546. The van der Waals surface area contributed by atoms with E-state index in [1.54, 1.807) is 18.2 Å². The molecule has 1 N–H and O–H groups in total. The molecule has 0 spiro atoms. The third-order valence-corrected chi connectivity index (χ3v) is 8.80. The van der Waals surface area contributed by atoms with Gasteiger partial charge in [-0.1, -0.05) is 0 Å². The van der Waals surface area contributed by atoms with Crippen LogP contribution < -0.4 is 18.9 Å². The van der Waals surface area contributed by atoms with Gasteiger partial charge in [-0.05, 0) is 53.1 Å². The molecule has 0 saturated carbocycles. The van der Waals surface area contributed by atoms with Crippen molar-refractivity contribution in [1.82, 2.24) is 4.98 Å². The molecule has 8 nitrogen and oxygen atoms in total. The SMILES string of the molecule is COc1cc([C@@H]2c3cc4c(cc3[C@@H](c3nc5cc(F)ccc5s3)[C@H]3COC(=O)[C@H]23)OCO4)cc(OC)c1O. The largest absolute Gasteiger partial charge is 0.502 e. The van der Waals surface area contributed by atoms with Crippen molar-refractivity contribution in [1.29, 1.82) is 0 Å². The van der Waals surface area contributed by atoms with Crippen molar-refractivity contribution in [2.24, 2.45) is 11.8 Å². The van der Waals surface area contributed by atoms with Gasteiger partial charge in [0.25, 0.3) is 0 Å². The number of hydrogen-bond donors (Lipinski definition) is 1. The van der Waals surface area contributed by atoms with Crippen molar-refractivity contribution >= 4 is 27.5 Å². The van der Waals surface area contributed by atoms with Crippen LogP contribution in [0.5, 0.6) is 28.7 Å². The number of aromatic nitrogens is 1. The van der Waals surface area contributed by atoms with Crippen LogP contribution in [0.4, 0.5) is 4.39 Å². The lowest BCUT2D eigenvalue weighted by Crippen LogP contribution is -2.35. The first-order valence-corrected chi connectivity index (χ1v) is 12.9. The Kier molecular flexibility index (Phi) is 5.16. The molecule has 3 heterocycles. The number of ether oxygens (including phenoxy) is 5. The molecule has 194 valence electrons. The first-order valence-electron chi connectivity index (χ1n) is 12.1. The van der Waals surface area contributed by atoms with E-state index in [1.165, 1.54) is 37.7 Å². The highest BCUT2D eigenvalue weighted by atomic mass is 32.1. The number of fused-ring (bicyclic) bond motifs is 4. The predicted molar refractivity (Wildman–Crippen MR) is 135 cm³/mol. The summed E-state index contributed by atoms with van der Waals surface area (Å²) in [5.74, 6) is -0.622. The van der Waals surface area contributed by atoms with E-state index >= 15 is 0 Å². The van der Waals surface area contributed by atoms with E-state index in [1.807, 2.05) is 12.1 Å². The molecule has 0 unspecified atom stereocenters. The molecule has 2 aliphatic heterocycles. The van der Waals surface area contributed by atoms with Crippen molar-refractivity contribution in [2.45, 2.75) is 11.8 Å². The number of hydrogen-bond acceptors (Lipinski definition) is 9. The number of esters is 1. The summed E-state index contributed by atoms with van der Waals surface area (Å²) in [6.45, 7) is 0.318. The van der Waals surface area contributed by atoms with Crippen molar-refractivity contribution in [3.63, 3.8) is 0 Å². The van der Waals surface area contributed by atoms with E-state index in [0.29, 0.717) is 17.0 Å². The molecular formula is C28H22FNO7S. The normalized spacial score (nSPS) is 23.2. The molecule has 3 aliphatic rings. The van der Waals surface area contributed by atoms with Crippen molar-refractivity contribution in [3.05, 3.63) is 70.0 Å². The summed E-state index contributed by atoms with van der Waals surface area (Å²) in [6.07, 6.45) is 0. The maximum Gasteiger partial charge on any atom is 0.310 e. The van der Waals surface area contributed by atoms with Gasteiger partial charge < -0.3 is 28.8 Å². The van der Waals surface area contributed by atoms with Crippen LogP contribution in [0.2, 0.25) is 0 Å². The maximum absolute atomic E-state index is 14.0. The summed E-state index contributed by atoms with van der Waals surface area (Å²) >= 11 is 1.48. The molecular weight excluding hydrogens is 513 g/mol. The first-order chi connectivity index (χ1) is 18.5. The number of phenols is 1. The quantitative estimate of drug-likeness (QED) is 0.367. The highest BCUT2D eigenvalue weighted by Crippen LogP contribution is 2.58. The maximum atomic E-state index is 14.0. The first kappa shape index (κ1) is 23.1. The van der Waals surface area contributed by atoms with Crippen LogP contribution in [0.3, 0.4) is 0 Å². The summed E-state index contributed by atoms with van der Waals surface area (Å²) in [5, 5.41) is 11.3. The molecule has 10 heteroatoms. The summed E-state index contributed by atoms with van der Waals surface area (Å²) in [5.41, 5.74) is 3.10. The molecule has 38 heavy (non-hydrogen) atoms. The van der Waals surface area contributed by atoms with Crippen LogP contribution in [0.1, 0.15) is 33.5 Å². The minimum absolute atomic E-state index is 0.101. The average molecular weight is 536 g/mol. The second-order valence-corrected chi connectivity index (χ2v) is 10.6. The molecule has 1 aliphatic carbocycles. The van der Waals surface area contributed by atoms with Gasteiger partial charge in [0.1, 0.15) is 10.8 Å². The van der Waals surface area contributed by atoms with Gasteiger partial charge in [0, 0.05) is 23.8 Å². The van der Waals surface area contributed by atoms with Gasteiger partial charge in [-0.3, -0.25) is 4.79 Å². The number of cyclic esters (lactones) is 1. The van der Waals surface area contributed by atoms with Crippen LogP contribution in [0, 0.1) is 17.7 Å². The third kappa shape index (κ3) is 3.32. The second kappa shape index (κ2) is 8.49. The number of methoxy groups -OCH3 is 2. The summed E-state index contributed by atoms with van der Waals surface area (Å²) in [4.78, 5) is 18.2. The van der Waals surface area contributed by atoms with Crippen LogP contribution in [0.25, 0.3) is 10.2 Å². The van der Waals surface area contributed by atoms with Crippen LogP contribution in [-0.4, -0.2) is 43.7 Å². The Morgan fingerprint density at radius 3 is 2.34 bits per heavy atom. The van der Waals surface area contributed by atoms with Crippen molar-refractivity contribution in [2.75, 3.05) is 27.6 Å². The van der Waals surface area contributed by atoms with E-state index in [4.69, 9.17) is 28.7 Å². The predicted octanol–water partition coefficient (Wildman–Crippen LogP) is 4.95. The number of nitrogens with zero attached hydrogens (tertiary/aromatic N) is 1. The number of aromatic hydroxyl groups is 1. The zero-order chi connectivity index (χ0) is 26.1. The Balaban J connectivity index is 1.48. The Hall–Kier alpha value is -4.05. The van der Waals surface area contributed by atoms with Gasteiger partial charge in [0.15, 0.2) is 23.0 Å². The summed E-state index contributed by atoms with van der Waals surface area (Å²) in [6, 6.07) is 11.9. The van der Waals surface area contributed by atoms with Gasteiger partial charge in [-0.2, -0.15) is 0 Å². The number of benzene rings is 3. The van der Waals surface area contributed by atoms with Gasteiger partial charge in [0.2, 0.25) is 12.5 Å². The monoisotopic (exact) mass is 535 g/mol. The Labute approximate surface area is 220 Å². The number of phenolic OH excluding ortho intramolecular Hbond substituents is 1. The highest BCUT2D eigenvalue weighted by Gasteiger charge is 2.53. The average Bonchev–Trinajstić information content (AvgIpc) is 3.64. The topological polar surface area (TPSA) is 96.3 Å². The molecule has 0 amide bonds. The van der Waals surface area contributed by atoms with Crippen molar-refractivity contribution < 1.29 is 38.0 Å². The van der Waals surface area contributed by atoms with E-state index in [2.05, 4.69) is 0 Å². The Morgan fingerprint density at radius 1 is 0.974 bits per heavy atom. The fraction of sp³-hybridized carbons (Fsp3) is 0.286. The molecule has 1 fully saturated rings. The summed E-state index contributed by atoms with van der Waals surface area (Å²) in [7, 11) is 2.92. The lowest BCUT2D eigenvalue weighted by molar-refractivity contribution is -0.141. The zero-order valence-electron chi connectivity index (χ0n) is 20.4. The van der Waals surface area contributed by atoms with Gasteiger partial charge >= 0.3 is 5.97 Å². The summed E-state index contributed by atoms with van der Waals surface area (Å²) < 4.78 is 42.8. The zero-order valence-corrected chi connectivity index (χ0v) is 21.2. The minimum Gasteiger partial charge on any atom is -0.502 e. The van der Waals surface area contributed by atoms with Crippen LogP contribution in [-0.2, 0) is 9.53 Å². The second-order valence-electron chi connectivity index (χ2n) is 9.55. The number of rotatable bonds is 4. The van der Waals surface area contributed by atoms with Gasteiger partial charge in [-0.25, -0.2) is 9.37 Å². The molecule has 0 bridgehead atoms. The van der Waals surface area contributed by atoms with Crippen LogP contribution in [0.15, 0.2) is 42.5 Å². The molecule has 0 radical (unpaired) electrons. The lowest BCUT2D eigenvalue weighted by Gasteiger charge is -2.38. The molecule has 1 aromatic heterocycles. The molecule has 1 saturated heterocycles. The number of carbonyl (C=O) groups is 1. The standard InChI is InChI=1S/C28H22FNO7S/c1-33-20-5-12(6-21(34-2)26(20)31)23-14-8-18-19(37-11-36-18)9-15(14)24(16-10-35-28(32)25(16)23)27-30-17-7-13(29)3-4-22(17)38-27/h3-9,16,23-25,31H,10-11H2,1-2H3/t16-,23-,24-,25+/m1/s1. The Morgan fingerprint density at radius 2 is 1.66 bits per heavy atom. The molecule has 3 aromatic carbocycles. The van der Waals surface area contributed by atoms with E-state index in [9.17, 15) is 14.3 Å². The van der Waals surface area contributed by atoms with Crippen LogP contribution >= 0.6 is 11.3 Å². The third-order valence-electron chi connectivity index (χ3n) is 7.68. The van der Waals surface area contributed by atoms with Gasteiger partial charge in [0.05, 0.1) is 37.0 Å². The molecule has 4 atom stereocenters. The van der Waals surface area contributed by atoms with Gasteiger partial charge in [-0.15, -0.1) is 11.3 Å². The smallest absolute Gasteiger partial charge is 0.310 e. The highest BCUT2D eigenvalue weighted by molar-refractivity contribution is 7.18. The van der Waals surface area contributed by atoms with E-state index in [-0.39, 0.29) is 54.3 Å². The number of halogens is 1. The number of carbonyl (C=O) groups excluding carboxylic acids is 1. The lowest BCUT2D eigenvalue weighted by atomic mass is 9.63. The molecule has 7 rings (SSSR count). The molecule has 4 aromatic rings. The number of thiazole rings is 1. The fourth-order valence-electron chi connectivity index (χ4n) is 6.02. The van der Waals surface area contributed by atoms with Crippen molar-refractivity contribution in [3.8, 4) is 28.7 Å². The van der Waals surface area contributed by atoms with E-state index in [0.717, 1.165) is 26.4 Å². The fourth-order valence-corrected chi connectivity index (χ4v) is 7.17.